The molecule has 0 spiro atoms. The van der Waals surface area contributed by atoms with E-state index in [0.29, 0.717) is 6.54 Å². The molecule has 0 saturated carbocycles. The zero-order valence-electron chi connectivity index (χ0n) is 10.7. The maximum Gasteiger partial charge on any atom is 0.306 e. The van der Waals surface area contributed by atoms with E-state index in [1.807, 2.05) is 6.92 Å². The molecule has 0 amide bonds. The van der Waals surface area contributed by atoms with Gasteiger partial charge in [-0.1, -0.05) is 0 Å². The van der Waals surface area contributed by atoms with Crippen molar-refractivity contribution in [3.05, 3.63) is 12.5 Å². The molecule has 0 unspecified atom stereocenters. The van der Waals surface area contributed by atoms with E-state index >= 15 is 0 Å². The molecular formula is C10H17N3O4S. The van der Waals surface area contributed by atoms with Crippen LogP contribution >= 0.6 is 0 Å². The molecule has 0 saturated heterocycles. The SMILES string of the molecule is CCn1cnc(S(=O)(=O)N(C)CCC(=O)OC)c1. The second kappa shape index (κ2) is 5.96. The summed E-state index contributed by atoms with van der Waals surface area (Å²) in [6.07, 6.45) is 2.94. The maximum absolute atomic E-state index is 12.1. The Bertz CT molecular complexity index is 509. The average molecular weight is 275 g/mol. The molecular weight excluding hydrogens is 258 g/mol. The van der Waals surface area contributed by atoms with Crippen LogP contribution in [0.2, 0.25) is 0 Å². The zero-order chi connectivity index (χ0) is 13.8. The van der Waals surface area contributed by atoms with E-state index in [1.165, 1.54) is 26.7 Å². The van der Waals surface area contributed by atoms with Gasteiger partial charge in [0.15, 0.2) is 5.03 Å². The molecule has 0 N–H and O–H groups in total. The highest BCUT2D eigenvalue weighted by Crippen LogP contribution is 2.11. The first-order valence-electron chi connectivity index (χ1n) is 5.46. The Kier molecular flexibility index (Phi) is 4.85. The number of aryl methyl sites for hydroxylation is 1. The number of carbonyl (C=O) groups excluding carboxylic acids is 1. The summed E-state index contributed by atoms with van der Waals surface area (Å²) in [5.74, 6) is -0.448. The van der Waals surface area contributed by atoms with E-state index in [0.717, 1.165) is 4.31 Å². The number of aromatic nitrogens is 2. The Morgan fingerprint density at radius 3 is 2.72 bits per heavy atom. The lowest BCUT2D eigenvalue weighted by Gasteiger charge is -2.14. The first-order valence-corrected chi connectivity index (χ1v) is 6.90. The minimum absolute atomic E-state index is 0.0146. The van der Waals surface area contributed by atoms with Crippen LogP contribution < -0.4 is 0 Å². The van der Waals surface area contributed by atoms with Gasteiger partial charge in [-0.2, -0.15) is 4.31 Å². The molecule has 0 aromatic carbocycles. The minimum atomic E-state index is -3.64. The normalized spacial score (nSPS) is 11.8. The van der Waals surface area contributed by atoms with Crippen LogP contribution in [0.4, 0.5) is 0 Å². The average Bonchev–Trinajstić information content (AvgIpc) is 2.84. The number of rotatable bonds is 6. The number of carbonyl (C=O) groups is 1. The van der Waals surface area contributed by atoms with Crippen molar-refractivity contribution in [2.75, 3.05) is 20.7 Å². The number of esters is 1. The van der Waals surface area contributed by atoms with Gasteiger partial charge in [0.2, 0.25) is 0 Å². The third-order valence-corrected chi connectivity index (χ3v) is 4.25. The number of ether oxygens (including phenoxy) is 1. The van der Waals surface area contributed by atoms with Gasteiger partial charge in [-0.3, -0.25) is 4.79 Å². The van der Waals surface area contributed by atoms with E-state index in [-0.39, 0.29) is 18.0 Å². The second-order valence-corrected chi connectivity index (χ2v) is 5.69. The molecule has 1 aromatic rings. The molecule has 1 rings (SSSR count). The van der Waals surface area contributed by atoms with Crippen molar-refractivity contribution in [1.29, 1.82) is 0 Å². The number of sulfonamides is 1. The lowest BCUT2D eigenvalue weighted by atomic mass is 10.4. The van der Waals surface area contributed by atoms with Crippen molar-refractivity contribution >= 4 is 16.0 Å². The lowest BCUT2D eigenvalue weighted by Crippen LogP contribution is -2.29. The molecule has 7 nitrogen and oxygen atoms in total. The molecule has 0 fully saturated rings. The quantitative estimate of drug-likeness (QED) is 0.687. The van der Waals surface area contributed by atoms with E-state index in [4.69, 9.17) is 0 Å². The summed E-state index contributed by atoms with van der Waals surface area (Å²) in [7, 11) is -0.969. The largest absolute Gasteiger partial charge is 0.469 e. The third-order valence-electron chi connectivity index (χ3n) is 2.51. The topological polar surface area (TPSA) is 81.5 Å². The van der Waals surface area contributed by atoms with Crippen LogP contribution in [0.3, 0.4) is 0 Å². The molecule has 18 heavy (non-hydrogen) atoms. The van der Waals surface area contributed by atoms with Gasteiger partial charge in [-0.25, -0.2) is 13.4 Å². The van der Waals surface area contributed by atoms with Crippen molar-refractivity contribution in [1.82, 2.24) is 13.9 Å². The van der Waals surface area contributed by atoms with Gasteiger partial charge in [0.05, 0.1) is 19.9 Å². The van der Waals surface area contributed by atoms with Crippen molar-refractivity contribution < 1.29 is 17.9 Å². The number of hydrogen-bond donors (Lipinski definition) is 0. The smallest absolute Gasteiger partial charge is 0.306 e. The van der Waals surface area contributed by atoms with Crippen LogP contribution in [0, 0.1) is 0 Å². The van der Waals surface area contributed by atoms with Crippen molar-refractivity contribution in [3.63, 3.8) is 0 Å². The molecule has 0 atom stereocenters. The van der Waals surface area contributed by atoms with Crippen LogP contribution in [0.25, 0.3) is 0 Å². The molecule has 8 heteroatoms. The Balaban J connectivity index is 2.76. The van der Waals surface area contributed by atoms with Crippen molar-refractivity contribution in [3.8, 4) is 0 Å². The fourth-order valence-electron chi connectivity index (χ4n) is 1.28. The summed E-state index contributed by atoms with van der Waals surface area (Å²) in [5.41, 5.74) is 0. The van der Waals surface area contributed by atoms with Crippen LogP contribution in [-0.2, 0) is 26.1 Å². The van der Waals surface area contributed by atoms with Crippen molar-refractivity contribution in [2.45, 2.75) is 24.9 Å². The Morgan fingerprint density at radius 2 is 2.22 bits per heavy atom. The van der Waals surface area contributed by atoms with Crippen LogP contribution in [-0.4, -0.2) is 48.9 Å². The van der Waals surface area contributed by atoms with Gasteiger partial charge in [-0.15, -0.1) is 0 Å². The van der Waals surface area contributed by atoms with Crippen LogP contribution in [0.1, 0.15) is 13.3 Å². The highest BCUT2D eigenvalue weighted by atomic mass is 32.2. The molecule has 102 valence electrons. The summed E-state index contributed by atoms with van der Waals surface area (Å²) in [4.78, 5) is 14.8. The summed E-state index contributed by atoms with van der Waals surface area (Å²) in [6, 6.07) is 0. The summed E-state index contributed by atoms with van der Waals surface area (Å²) in [5, 5.41) is -0.0169. The fourth-order valence-corrected chi connectivity index (χ4v) is 2.38. The zero-order valence-corrected chi connectivity index (χ0v) is 11.5. The minimum Gasteiger partial charge on any atom is -0.469 e. The fraction of sp³-hybridized carbons (Fsp3) is 0.600. The third kappa shape index (κ3) is 3.30. The number of imidazole rings is 1. The molecule has 1 aromatic heterocycles. The number of nitrogens with zero attached hydrogens (tertiary/aromatic N) is 3. The summed E-state index contributed by atoms with van der Waals surface area (Å²) in [6.45, 7) is 2.60. The standard InChI is InChI=1S/C10H17N3O4S/c1-4-13-7-9(11-8-13)18(15,16)12(2)6-5-10(14)17-3/h7-8H,4-6H2,1-3H3. The maximum atomic E-state index is 12.1. The molecule has 0 aliphatic rings. The van der Waals surface area contributed by atoms with Gasteiger partial charge in [0.1, 0.15) is 0 Å². The molecule has 0 bridgehead atoms. The Morgan fingerprint density at radius 1 is 1.56 bits per heavy atom. The summed E-state index contributed by atoms with van der Waals surface area (Å²) < 4.78 is 31.3. The summed E-state index contributed by atoms with van der Waals surface area (Å²) >= 11 is 0. The predicted octanol–water partition coefficient (Wildman–Crippen LogP) is 0.0866. The monoisotopic (exact) mass is 275 g/mol. The first kappa shape index (κ1) is 14.7. The van der Waals surface area contributed by atoms with E-state index < -0.39 is 16.0 Å². The van der Waals surface area contributed by atoms with Crippen LogP contribution in [0.15, 0.2) is 17.6 Å². The van der Waals surface area contributed by atoms with Crippen LogP contribution in [0.5, 0.6) is 0 Å². The number of methoxy groups -OCH3 is 1. The molecule has 0 aliphatic carbocycles. The first-order chi connectivity index (χ1) is 8.41. The van der Waals surface area contributed by atoms with Gasteiger partial charge >= 0.3 is 5.97 Å². The Hall–Kier alpha value is -1.41. The second-order valence-electron chi connectivity index (χ2n) is 3.70. The number of hydrogen-bond acceptors (Lipinski definition) is 5. The van der Waals surface area contributed by atoms with Gasteiger partial charge < -0.3 is 9.30 Å². The van der Waals surface area contributed by atoms with E-state index in [1.54, 1.807) is 4.57 Å². The van der Waals surface area contributed by atoms with E-state index in [2.05, 4.69) is 9.72 Å². The van der Waals surface area contributed by atoms with E-state index in [9.17, 15) is 13.2 Å². The predicted molar refractivity (Wildman–Crippen MR) is 64.3 cm³/mol. The van der Waals surface area contributed by atoms with Crippen molar-refractivity contribution in [2.24, 2.45) is 0 Å². The highest BCUT2D eigenvalue weighted by Gasteiger charge is 2.23. The van der Waals surface area contributed by atoms with Gasteiger partial charge in [0, 0.05) is 26.3 Å². The lowest BCUT2D eigenvalue weighted by molar-refractivity contribution is -0.140. The van der Waals surface area contributed by atoms with Gasteiger partial charge in [-0.05, 0) is 6.92 Å². The molecule has 1 heterocycles. The highest BCUT2D eigenvalue weighted by molar-refractivity contribution is 7.89. The Labute approximate surface area is 106 Å². The van der Waals surface area contributed by atoms with Gasteiger partial charge in [0.25, 0.3) is 10.0 Å². The molecule has 0 aliphatic heterocycles. The molecule has 0 radical (unpaired) electrons.